The van der Waals surface area contributed by atoms with Crippen molar-refractivity contribution >= 4 is 21.8 Å². The number of nitrogens with zero attached hydrogens (tertiary/aromatic N) is 1. The molecule has 1 aliphatic carbocycles. The van der Waals surface area contributed by atoms with Gasteiger partial charge < -0.3 is 9.64 Å². The van der Waals surface area contributed by atoms with Crippen molar-refractivity contribution in [2.75, 3.05) is 25.0 Å². The molecule has 0 unspecified atom stereocenters. The molecule has 0 atom stereocenters. The molecule has 18 heavy (non-hydrogen) atoms. The molecule has 0 aromatic heterocycles. The van der Waals surface area contributed by atoms with Crippen molar-refractivity contribution in [2.24, 2.45) is 5.92 Å². The number of carbonyl (C=O) groups excluding carboxylic acids is 1. The first-order valence-electron chi connectivity index (χ1n) is 7.16. The molecular weight excluding hydrogens is 294 g/mol. The number of alkyl halides is 1. The van der Waals surface area contributed by atoms with Gasteiger partial charge in [-0.25, -0.2) is 0 Å². The normalized spacial score (nSPS) is 22.6. The third kappa shape index (κ3) is 5.27. The van der Waals surface area contributed by atoms with Crippen molar-refractivity contribution in [1.29, 1.82) is 0 Å². The maximum absolute atomic E-state index is 12.2. The molecule has 4 heteroatoms. The van der Waals surface area contributed by atoms with Crippen LogP contribution in [0, 0.1) is 5.92 Å². The van der Waals surface area contributed by atoms with Crippen molar-refractivity contribution in [3.8, 4) is 0 Å². The Morgan fingerprint density at radius 3 is 2.61 bits per heavy atom. The van der Waals surface area contributed by atoms with Gasteiger partial charge in [0.1, 0.15) is 0 Å². The lowest BCUT2D eigenvalue weighted by atomic mass is 9.79. The van der Waals surface area contributed by atoms with Crippen LogP contribution in [0.4, 0.5) is 0 Å². The first kappa shape index (κ1) is 16.0. The van der Waals surface area contributed by atoms with E-state index in [-0.39, 0.29) is 0 Å². The second-order valence-corrected chi connectivity index (χ2v) is 5.84. The predicted octanol–water partition coefficient (Wildman–Crippen LogP) is 3.22. The number of carbonyl (C=O) groups is 1. The monoisotopic (exact) mass is 319 g/mol. The summed E-state index contributed by atoms with van der Waals surface area (Å²) in [6, 6.07) is 0. The fraction of sp³-hybridized carbons (Fsp3) is 0.929. The lowest BCUT2D eigenvalue weighted by molar-refractivity contribution is -0.134. The summed E-state index contributed by atoms with van der Waals surface area (Å²) in [4.78, 5) is 14.2. The number of amides is 1. The molecule has 106 valence electrons. The number of ether oxygens (including phenoxy) is 1. The second-order valence-electron chi connectivity index (χ2n) is 5.04. The molecule has 1 saturated carbocycles. The highest BCUT2D eigenvalue weighted by Gasteiger charge is 2.32. The van der Waals surface area contributed by atoms with Crippen LogP contribution >= 0.6 is 15.9 Å². The highest BCUT2D eigenvalue weighted by Crippen LogP contribution is 2.33. The molecule has 0 spiro atoms. The highest BCUT2D eigenvalue weighted by molar-refractivity contribution is 9.09. The van der Waals surface area contributed by atoms with Gasteiger partial charge >= 0.3 is 0 Å². The van der Waals surface area contributed by atoms with E-state index in [0.29, 0.717) is 24.3 Å². The van der Waals surface area contributed by atoms with Gasteiger partial charge in [0, 0.05) is 31.4 Å². The van der Waals surface area contributed by atoms with E-state index in [0.717, 1.165) is 50.7 Å². The Bertz CT molecular complexity index is 242. The van der Waals surface area contributed by atoms with E-state index in [9.17, 15) is 4.79 Å². The Hall–Kier alpha value is -0.0900. The average molecular weight is 320 g/mol. The van der Waals surface area contributed by atoms with Crippen LogP contribution in [-0.2, 0) is 9.53 Å². The summed E-state index contributed by atoms with van der Waals surface area (Å²) in [5, 5.41) is 0.870. The first-order valence-corrected chi connectivity index (χ1v) is 8.28. The third-order valence-electron chi connectivity index (χ3n) is 3.55. The van der Waals surface area contributed by atoms with Crippen LogP contribution in [-0.4, -0.2) is 41.9 Å². The van der Waals surface area contributed by atoms with E-state index in [4.69, 9.17) is 4.74 Å². The Morgan fingerprint density at radius 2 is 2.06 bits per heavy atom. The lowest BCUT2D eigenvalue weighted by Gasteiger charge is -2.35. The predicted molar refractivity (Wildman–Crippen MR) is 78.0 cm³/mol. The molecular formula is C14H26BrNO2. The van der Waals surface area contributed by atoms with Gasteiger partial charge in [-0.05, 0) is 32.1 Å². The van der Waals surface area contributed by atoms with Gasteiger partial charge in [0.05, 0.1) is 6.10 Å². The topological polar surface area (TPSA) is 29.5 Å². The van der Waals surface area contributed by atoms with Gasteiger partial charge in [-0.2, -0.15) is 0 Å². The number of unbranched alkanes of at least 4 members (excludes halogenated alkanes) is 1. The molecule has 0 aromatic rings. The van der Waals surface area contributed by atoms with Crippen molar-refractivity contribution in [3.05, 3.63) is 0 Å². The quantitative estimate of drug-likeness (QED) is 0.611. The maximum Gasteiger partial charge on any atom is 0.222 e. The summed E-state index contributed by atoms with van der Waals surface area (Å²) in [5.41, 5.74) is 0. The molecule has 1 rings (SSSR count). The van der Waals surface area contributed by atoms with Gasteiger partial charge in [-0.3, -0.25) is 4.79 Å². The zero-order valence-electron chi connectivity index (χ0n) is 11.7. The second kappa shape index (κ2) is 8.92. The number of hydrogen-bond donors (Lipinski definition) is 0. The van der Waals surface area contributed by atoms with Gasteiger partial charge in [0.25, 0.3) is 0 Å². The fourth-order valence-electron chi connectivity index (χ4n) is 2.40. The van der Waals surface area contributed by atoms with Crippen LogP contribution in [0.25, 0.3) is 0 Å². The standard InChI is InChI=1S/C14H26BrNO2/c1-3-5-7-16(8-6-15)14(17)11-12-9-13(10-12)18-4-2/h12-13H,3-11H2,1-2H3. The molecule has 0 aromatic carbocycles. The van der Waals surface area contributed by atoms with Crippen LogP contribution in [0.15, 0.2) is 0 Å². The van der Waals surface area contributed by atoms with Gasteiger partial charge in [0.2, 0.25) is 5.91 Å². The molecule has 1 amide bonds. The first-order chi connectivity index (χ1) is 8.71. The van der Waals surface area contributed by atoms with E-state index >= 15 is 0 Å². The molecule has 0 bridgehead atoms. The molecule has 1 fully saturated rings. The van der Waals surface area contributed by atoms with Crippen LogP contribution in [0.1, 0.15) is 46.0 Å². The molecule has 3 nitrogen and oxygen atoms in total. The largest absolute Gasteiger partial charge is 0.378 e. The molecule has 0 heterocycles. The minimum Gasteiger partial charge on any atom is -0.378 e. The van der Waals surface area contributed by atoms with Gasteiger partial charge in [-0.15, -0.1) is 0 Å². The maximum atomic E-state index is 12.2. The number of hydrogen-bond acceptors (Lipinski definition) is 2. The zero-order chi connectivity index (χ0) is 13.4. The summed E-state index contributed by atoms with van der Waals surface area (Å²) < 4.78 is 5.53. The molecule has 1 aliphatic rings. The van der Waals surface area contributed by atoms with E-state index < -0.39 is 0 Å². The van der Waals surface area contributed by atoms with Crippen molar-refractivity contribution in [2.45, 2.75) is 52.1 Å². The van der Waals surface area contributed by atoms with Crippen LogP contribution in [0.5, 0.6) is 0 Å². The van der Waals surface area contributed by atoms with E-state index in [1.807, 2.05) is 11.8 Å². The van der Waals surface area contributed by atoms with E-state index in [2.05, 4.69) is 22.9 Å². The smallest absolute Gasteiger partial charge is 0.222 e. The van der Waals surface area contributed by atoms with Crippen molar-refractivity contribution in [1.82, 2.24) is 4.90 Å². The third-order valence-corrected chi connectivity index (χ3v) is 3.90. The number of rotatable bonds is 9. The highest BCUT2D eigenvalue weighted by atomic mass is 79.9. The van der Waals surface area contributed by atoms with Crippen LogP contribution < -0.4 is 0 Å². The van der Waals surface area contributed by atoms with Crippen molar-refractivity contribution < 1.29 is 9.53 Å². The molecule has 0 N–H and O–H groups in total. The Morgan fingerprint density at radius 1 is 1.33 bits per heavy atom. The van der Waals surface area contributed by atoms with Crippen LogP contribution in [0.2, 0.25) is 0 Å². The summed E-state index contributed by atoms with van der Waals surface area (Å²) in [6.45, 7) is 6.72. The zero-order valence-corrected chi connectivity index (χ0v) is 13.2. The van der Waals surface area contributed by atoms with E-state index in [1.54, 1.807) is 0 Å². The molecule has 0 aliphatic heterocycles. The summed E-state index contributed by atoms with van der Waals surface area (Å²) in [7, 11) is 0. The molecule has 0 radical (unpaired) electrons. The summed E-state index contributed by atoms with van der Waals surface area (Å²) >= 11 is 3.42. The SMILES string of the molecule is CCCCN(CCBr)C(=O)CC1CC(OCC)C1. The average Bonchev–Trinajstić information content (AvgIpc) is 2.31. The minimum atomic E-state index is 0.322. The molecule has 0 saturated heterocycles. The summed E-state index contributed by atoms with van der Waals surface area (Å²) in [5.74, 6) is 0.872. The van der Waals surface area contributed by atoms with Crippen LogP contribution in [0.3, 0.4) is 0 Å². The number of halogens is 1. The Kier molecular flexibility index (Phi) is 7.91. The lowest BCUT2D eigenvalue weighted by Crippen LogP contribution is -2.39. The van der Waals surface area contributed by atoms with Gasteiger partial charge in [-0.1, -0.05) is 29.3 Å². The van der Waals surface area contributed by atoms with Crippen molar-refractivity contribution in [3.63, 3.8) is 0 Å². The Balaban J connectivity index is 2.24. The van der Waals surface area contributed by atoms with E-state index in [1.165, 1.54) is 0 Å². The van der Waals surface area contributed by atoms with Gasteiger partial charge in [0.15, 0.2) is 0 Å². The summed E-state index contributed by atoms with van der Waals surface area (Å²) in [6.07, 6.45) is 5.49. The Labute approximate surface area is 119 Å². The minimum absolute atomic E-state index is 0.322. The fourth-order valence-corrected chi connectivity index (χ4v) is 2.83.